The summed E-state index contributed by atoms with van der Waals surface area (Å²) in [4.78, 5) is 27.2. The number of nitrogens with zero attached hydrogens (tertiary/aromatic N) is 2. The van der Waals surface area contributed by atoms with Crippen molar-refractivity contribution in [2.24, 2.45) is 5.92 Å². The summed E-state index contributed by atoms with van der Waals surface area (Å²) >= 11 is 0. The Morgan fingerprint density at radius 3 is 2.00 bits per heavy atom. The van der Waals surface area contributed by atoms with Crippen molar-refractivity contribution < 1.29 is 14.7 Å². The highest BCUT2D eigenvalue weighted by Gasteiger charge is 2.25. The molecule has 0 aliphatic rings. The third kappa shape index (κ3) is 7.32. The predicted molar refractivity (Wildman–Crippen MR) is 84.4 cm³/mol. The topological polar surface area (TPSA) is 72.9 Å². The van der Waals surface area contributed by atoms with Gasteiger partial charge in [0, 0.05) is 13.1 Å². The number of nitrogens with one attached hydrogen (secondary N) is 1. The van der Waals surface area contributed by atoms with Gasteiger partial charge in [0.25, 0.3) is 0 Å². The van der Waals surface area contributed by atoms with Gasteiger partial charge in [-0.15, -0.1) is 0 Å². The summed E-state index contributed by atoms with van der Waals surface area (Å²) in [6, 6.07) is -1.13. The number of urea groups is 1. The fourth-order valence-electron chi connectivity index (χ4n) is 2.17. The van der Waals surface area contributed by atoms with Gasteiger partial charge in [-0.3, -0.25) is 0 Å². The van der Waals surface area contributed by atoms with Gasteiger partial charge in [0.1, 0.15) is 6.04 Å². The molecule has 6 heteroatoms. The van der Waals surface area contributed by atoms with E-state index in [-0.39, 0.29) is 11.9 Å². The van der Waals surface area contributed by atoms with E-state index in [1.165, 1.54) is 0 Å². The van der Waals surface area contributed by atoms with E-state index in [0.29, 0.717) is 13.1 Å². The summed E-state index contributed by atoms with van der Waals surface area (Å²) in [6.07, 6.45) is 0.891. The van der Waals surface area contributed by atoms with Gasteiger partial charge in [-0.05, 0) is 38.9 Å². The highest BCUT2D eigenvalue weighted by molar-refractivity contribution is 5.82. The number of carboxylic acids is 1. The molecule has 2 N–H and O–H groups in total. The summed E-state index contributed by atoms with van der Waals surface area (Å²) in [5, 5.41) is 11.7. The van der Waals surface area contributed by atoms with Crippen molar-refractivity contribution in [1.29, 1.82) is 0 Å². The van der Waals surface area contributed by atoms with Crippen LogP contribution < -0.4 is 5.32 Å². The van der Waals surface area contributed by atoms with Crippen molar-refractivity contribution in [1.82, 2.24) is 15.1 Å². The number of carboxylic acid groups (broad SMARTS) is 1. The lowest BCUT2D eigenvalue weighted by molar-refractivity contribution is -0.140. The number of carbonyl (C=O) groups is 2. The SMILES string of the molecule is CCN(CC)CCCN(CC)C(=O)N[C@@H](C(=O)O)C(C)C. The summed E-state index contributed by atoms with van der Waals surface area (Å²) in [5.41, 5.74) is 0. The molecule has 0 aliphatic carbocycles. The predicted octanol–water partition coefficient (Wildman–Crippen LogP) is 1.86. The quantitative estimate of drug-likeness (QED) is 0.646. The van der Waals surface area contributed by atoms with Crippen LogP contribution in [0.25, 0.3) is 0 Å². The second kappa shape index (κ2) is 10.4. The smallest absolute Gasteiger partial charge is 0.326 e. The second-order valence-corrected chi connectivity index (χ2v) is 5.47. The Balaban J connectivity index is 4.38. The molecule has 0 rings (SSSR count). The third-order valence-corrected chi connectivity index (χ3v) is 3.68. The fourth-order valence-corrected chi connectivity index (χ4v) is 2.17. The van der Waals surface area contributed by atoms with E-state index in [0.717, 1.165) is 26.1 Å². The van der Waals surface area contributed by atoms with Gasteiger partial charge in [-0.1, -0.05) is 27.7 Å². The summed E-state index contributed by atoms with van der Waals surface area (Å²) in [5.74, 6) is -1.13. The van der Waals surface area contributed by atoms with Crippen LogP contribution in [-0.4, -0.2) is 65.7 Å². The normalized spacial score (nSPS) is 12.5. The second-order valence-electron chi connectivity index (χ2n) is 5.47. The highest BCUT2D eigenvalue weighted by Crippen LogP contribution is 2.04. The maximum atomic E-state index is 12.1. The minimum Gasteiger partial charge on any atom is -0.480 e. The van der Waals surface area contributed by atoms with Gasteiger partial charge in [0.05, 0.1) is 0 Å². The zero-order chi connectivity index (χ0) is 16.4. The van der Waals surface area contributed by atoms with Crippen LogP contribution in [0.2, 0.25) is 0 Å². The van der Waals surface area contributed by atoms with Crippen LogP contribution in [0.1, 0.15) is 41.0 Å². The molecule has 0 fully saturated rings. The van der Waals surface area contributed by atoms with Gasteiger partial charge >= 0.3 is 12.0 Å². The Labute approximate surface area is 128 Å². The lowest BCUT2D eigenvalue weighted by Crippen LogP contribution is -2.50. The molecule has 124 valence electrons. The zero-order valence-corrected chi connectivity index (χ0v) is 14.1. The van der Waals surface area contributed by atoms with Gasteiger partial charge in [0.2, 0.25) is 0 Å². The van der Waals surface area contributed by atoms with Crippen LogP contribution in [0.3, 0.4) is 0 Å². The molecule has 0 radical (unpaired) electrons. The molecule has 0 aromatic rings. The molecule has 0 saturated heterocycles. The summed E-state index contributed by atoms with van der Waals surface area (Å²) < 4.78 is 0. The Morgan fingerprint density at radius 2 is 1.62 bits per heavy atom. The van der Waals surface area contributed by atoms with Crippen molar-refractivity contribution in [3.05, 3.63) is 0 Å². The molecule has 1 atom stereocenters. The molecular weight excluding hydrogens is 270 g/mol. The van der Waals surface area contributed by atoms with E-state index in [2.05, 4.69) is 24.1 Å². The van der Waals surface area contributed by atoms with E-state index in [4.69, 9.17) is 5.11 Å². The molecule has 0 heterocycles. The van der Waals surface area contributed by atoms with Gasteiger partial charge < -0.3 is 20.2 Å². The Hall–Kier alpha value is -1.30. The fraction of sp³-hybridized carbons (Fsp3) is 0.867. The van der Waals surface area contributed by atoms with Crippen LogP contribution in [0, 0.1) is 5.92 Å². The molecule has 0 aromatic heterocycles. The van der Waals surface area contributed by atoms with Crippen LogP contribution in [0.15, 0.2) is 0 Å². The first-order chi connectivity index (χ1) is 9.87. The summed E-state index contributed by atoms with van der Waals surface area (Å²) in [6.45, 7) is 13.9. The highest BCUT2D eigenvalue weighted by atomic mass is 16.4. The zero-order valence-electron chi connectivity index (χ0n) is 14.1. The van der Waals surface area contributed by atoms with Crippen molar-refractivity contribution in [2.45, 2.75) is 47.1 Å². The first-order valence-corrected chi connectivity index (χ1v) is 7.87. The summed E-state index contributed by atoms with van der Waals surface area (Å²) in [7, 11) is 0. The minimum absolute atomic E-state index is 0.138. The van der Waals surface area contributed by atoms with Crippen LogP contribution in [0.5, 0.6) is 0 Å². The molecule has 0 spiro atoms. The van der Waals surface area contributed by atoms with E-state index in [1.807, 2.05) is 6.92 Å². The number of hydrogen-bond donors (Lipinski definition) is 2. The van der Waals surface area contributed by atoms with Crippen LogP contribution in [-0.2, 0) is 4.79 Å². The van der Waals surface area contributed by atoms with Crippen LogP contribution in [0.4, 0.5) is 4.79 Å². The first kappa shape index (κ1) is 19.7. The molecule has 2 amide bonds. The molecule has 6 nitrogen and oxygen atoms in total. The minimum atomic E-state index is -0.988. The van der Waals surface area contributed by atoms with E-state index in [9.17, 15) is 9.59 Å². The number of hydrogen-bond acceptors (Lipinski definition) is 3. The van der Waals surface area contributed by atoms with Crippen molar-refractivity contribution in [3.8, 4) is 0 Å². The average Bonchev–Trinajstić information content (AvgIpc) is 2.44. The lowest BCUT2D eigenvalue weighted by atomic mass is 10.1. The van der Waals surface area contributed by atoms with Crippen LogP contribution >= 0.6 is 0 Å². The first-order valence-electron chi connectivity index (χ1n) is 7.87. The number of aliphatic carboxylic acids is 1. The van der Waals surface area contributed by atoms with Gasteiger partial charge in [-0.25, -0.2) is 9.59 Å². The molecule has 21 heavy (non-hydrogen) atoms. The van der Waals surface area contributed by atoms with E-state index in [1.54, 1.807) is 18.7 Å². The van der Waals surface area contributed by atoms with E-state index >= 15 is 0 Å². The molecule has 0 bridgehead atoms. The Morgan fingerprint density at radius 1 is 1.05 bits per heavy atom. The largest absolute Gasteiger partial charge is 0.480 e. The standard InChI is InChI=1S/C15H31N3O3/c1-6-17(7-2)10-9-11-18(8-3)15(21)16-13(12(4)5)14(19)20/h12-13H,6-11H2,1-5H3,(H,16,21)(H,19,20)/t13-/m1/s1. The molecular formula is C15H31N3O3. The Bertz CT molecular complexity index is 317. The van der Waals surface area contributed by atoms with Gasteiger partial charge in [-0.2, -0.15) is 0 Å². The average molecular weight is 301 g/mol. The molecule has 0 aromatic carbocycles. The maximum Gasteiger partial charge on any atom is 0.326 e. The van der Waals surface area contributed by atoms with Crippen molar-refractivity contribution >= 4 is 12.0 Å². The number of carbonyl (C=O) groups excluding carboxylic acids is 1. The lowest BCUT2D eigenvalue weighted by Gasteiger charge is -2.26. The van der Waals surface area contributed by atoms with Crippen molar-refractivity contribution in [3.63, 3.8) is 0 Å². The molecule has 0 saturated carbocycles. The molecule has 0 unspecified atom stereocenters. The third-order valence-electron chi connectivity index (χ3n) is 3.68. The van der Waals surface area contributed by atoms with E-state index < -0.39 is 12.0 Å². The van der Waals surface area contributed by atoms with Crippen molar-refractivity contribution in [2.75, 3.05) is 32.7 Å². The monoisotopic (exact) mass is 301 g/mol. The number of rotatable bonds is 10. The van der Waals surface area contributed by atoms with Gasteiger partial charge in [0.15, 0.2) is 0 Å². The Kier molecular flexibility index (Phi) is 9.78. The maximum absolute atomic E-state index is 12.1. The number of amides is 2. The molecule has 0 aliphatic heterocycles.